The first kappa shape index (κ1) is 13.8. The molecule has 1 aromatic carbocycles. The Kier molecular flexibility index (Phi) is 4.16. The monoisotopic (exact) mass is 267 g/mol. The van der Waals surface area contributed by atoms with Crippen LogP contribution in [0.25, 0.3) is 0 Å². The molecule has 0 amide bonds. The van der Waals surface area contributed by atoms with E-state index in [9.17, 15) is 0 Å². The minimum atomic E-state index is 0.226. The lowest BCUT2D eigenvalue weighted by atomic mass is 10.1. The van der Waals surface area contributed by atoms with Gasteiger partial charge in [-0.2, -0.15) is 5.26 Å². The summed E-state index contributed by atoms with van der Waals surface area (Å²) in [5.74, 6) is 1.43. The second kappa shape index (κ2) is 6.02. The highest BCUT2D eigenvalue weighted by atomic mass is 15.2. The van der Waals surface area contributed by atoms with Gasteiger partial charge in [-0.1, -0.05) is 6.07 Å². The molecule has 2 rings (SSSR count). The average Bonchev–Trinajstić information content (AvgIpc) is 2.47. The largest absolute Gasteiger partial charge is 0.357 e. The lowest BCUT2D eigenvalue weighted by Gasteiger charge is -2.19. The van der Waals surface area contributed by atoms with E-state index < -0.39 is 0 Å². The lowest BCUT2D eigenvalue weighted by Crippen LogP contribution is -2.12. The summed E-state index contributed by atoms with van der Waals surface area (Å²) in [6, 6.07) is 10.1. The Morgan fingerprint density at radius 2 is 2.00 bits per heavy atom. The minimum Gasteiger partial charge on any atom is -0.357 e. The SMILES string of the molecule is Cc1ccc(N(C)c2cc(NCC#N)ncn2)cc1C. The van der Waals surface area contributed by atoms with Gasteiger partial charge in [0.15, 0.2) is 0 Å². The van der Waals surface area contributed by atoms with Crippen molar-refractivity contribution < 1.29 is 0 Å². The van der Waals surface area contributed by atoms with E-state index in [1.165, 1.54) is 17.5 Å². The second-order valence-electron chi connectivity index (χ2n) is 4.60. The van der Waals surface area contributed by atoms with Gasteiger partial charge in [-0.25, -0.2) is 9.97 Å². The van der Waals surface area contributed by atoms with Gasteiger partial charge in [-0.05, 0) is 37.1 Å². The highest BCUT2D eigenvalue weighted by Gasteiger charge is 2.07. The highest BCUT2D eigenvalue weighted by Crippen LogP contribution is 2.24. The van der Waals surface area contributed by atoms with Crippen molar-refractivity contribution in [1.29, 1.82) is 5.26 Å². The van der Waals surface area contributed by atoms with Crippen LogP contribution in [0.1, 0.15) is 11.1 Å². The third kappa shape index (κ3) is 3.04. The van der Waals surface area contributed by atoms with Crippen LogP contribution in [0, 0.1) is 25.2 Å². The molecule has 102 valence electrons. The molecule has 5 nitrogen and oxygen atoms in total. The van der Waals surface area contributed by atoms with Crippen LogP contribution < -0.4 is 10.2 Å². The molecule has 0 bridgehead atoms. The zero-order valence-electron chi connectivity index (χ0n) is 11.9. The topological polar surface area (TPSA) is 64.8 Å². The smallest absolute Gasteiger partial charge is 0.138 e. The first-order valence-corrected chi connectivity index (χ1v) is 6.35. The molecule has 0 saturated heterocycles. The van der Waals surface area contributed by atoms with Crippen LogP contribution in [0.3, 0.4) is 0 Å². The summed E-state index contributed by atoms with van der Waals surface area (Å²) in [5.41, 5.74) is 3.57. The molecule has 1 N–H and O–H groups in total. The molecule has 0 aliphatic heterocycles. The quantitative estimate of drug-likeness (QED) is 0.863. The number of anilines is 3. The van der Waals surface area contributed by atoms with Gasteiger partial charge in [0.25, 0.3) is 0 Å². The number of benzene rings is 1. The molecule has 0 unspecified atom stereocenters. The van der Waals surface area contributed by atoms with Gasteiger partial charge < -0.3 is 10.2 Å². The molecular formula is C15H17N5. The number of rotatable bonds is 4. The number of aromatic nitrogens is 2. The predicted molar refractivity (Wildman–Crippen MR) is 80.1 cm³/mol. The minimum absolute atomic E-state index is 0.226. The standard InChI is InChI=1S/C15H17N5/c1-11-4-5-13(8-12(11)2)20(3)15-9-14(17-7-6-16)18-10-19-15/h4-5,8-10H,7H2,1-3H3,(H,17,18,19). The number of aryl methyl sites for hydroxylation is 2. The summed E-state index contributed by atoms with van der Waals surface area (Å²) >= 11 is 0. The van der Waals surface area contributed by atoms with Crippen LogP contribution in [0.4, 0.5) is 17.3 Å². The first-order valence-electron chi connectivity index (χ1n) is 6.35. The van der Waals surface area contributed by atoms with Gasteiger partial charge in [0.1, 0.15) is 24.5 Å². The van der Waals surface area contributed by atoms with Gasteiger partial charge in [0, 0.05) is 18.8 Å². The van der Waals surface area contributed by atoms with Crippen LogP contribution >= 0.6 is 0 Å². The molecule has 0 radical (unpaired) electrons. The molecule has 1 heterocycles. The van der Waals surface area contributed by atoms with Crippen molar-refractivity contribution in [3.05, 3.63) is 41.7 Å². The lowest BCUT2D eigenvalue weighted by molar-refractivity contribution is 1.07. The third-order valence-corrected chi connectivity index (χ3v) is 3.22. The van der Waals surface area contributed by atoms with Gasteiger partial charge in [-0.15, -0.1) is 0 Å². The fourth-order valence-electron chi connectivity index (χ4n) is 1.82. The Morgan fingerprint density at radius 1 is 1.20 bits per heavy atom. The number of nitrogens with zero attached hydrogens (tertiary/aromatic N) is 4. The van der Waals surface area contributed by atoms with Crippen molar-refractivity contribution in [2.45, 2.75) is 13.8 Å². The third-order valence-electron chi connectivity index (χ3n) is 3.22. The molecule has 20 heavy (non-hydrogen) atoms. The Labute approximate surface area is 118 Å². The summed E-state index contributed by atoms with van der Waals surface area (Å²) in [6.07, 6.45) is 1.49. The summed E-state index contributed by atoms with van der Waals surface area (Å²) in [4.78, 5) is 10.3. The van der Waals surface area contributed by atoms with E-state index in [0.717, 1.165) is 11.5 Å². The van der Waals surface area contributed by atoms with Crippen LogP contribution in [0.2, 0.25) is 0 Å². The molecule has 0 aliphatic rings. The second-order valence-corrected chi connectivity index (χ2v) is 4.60. The van der Waals surface area contributed by atoms with E-state index in [1.54, 1.807) is 0 Å². The molecule has 5 heteroatoms. The maximum absolute atomic E-state index is 8.57. The zero-order chi connectivity index (χ0) is 14.5. The van der Waals surface area contributed by atoms with Crippen molar-refractivity contribution in [2.24, 2.45) is 0 Å². The van der Waals surface area contributed by atoms with E-state index >= 15 is 0 Å². The van der Waals surface area contributed by atoms with Gasteiger partial charge >= 0.3 is 0 Å². The molecule has 2 aromatic rings. The summed E-state index contributed by atoms with van der Waals surface area (Å²) in [5, 5.41) is 11.5. The van der Waals surface area contributed by atoms with E-state index in [0.29, 0.717) is 5.82 Å². The van der Waals surface area contributed by atoms with Crippen molar-refractivity contribution in [3.8, 4) is 6.07 Å². The maximum atomic E-state index is 8.57. The normalized spacial score (nSPS) is 9.90. The molecule has 0 aliphatic carbocycles. The van der Waals surface area contributed by atoms with Crippen molar-refractivity contribution in [2.75, 3.05) is 23.8 Å². The maximum Gasteiger partial charge on any atom is 0.138 e. The molecule has 0 saturated carbocycles. The molecular weight excluding hydrogens is 250 g/mol. The van der Waals surface area contributed by atoms with Gasteiger partial charge in [-0.3, -0.25) is 0 Å². The molecule has 0 atom stereocenters. The van der Waals surface area contributed by atoms with Crippen molar-refractivity contribution >= 4 is 17.3 Å². The Bertz CT molecular complexity index is 645. The van der Waals surface area contributed by atoms with E-state index in [2.05, 4.69) is 47.3 Å². The summed E-state index contributed by atoms with van der Waals surface area (Å²) < 4.78 is 0. The summed E-state index contributed by atoms with van der Waals surface area (Å²) in [6.45, 7) is 4.41. The molecule has 0 spiro atoms. The fraction of sp³-hybridized carbons (Fsp3) is 0.267. The summed E-state index contributed by atoms with van der Waals surface area (Å²) in [7, 11) is 1.96. The average molecular weight is 267 g/mol. The van der Waals surface area contributed by atoms with Crippen molar-refractivity contribution in [1.82, 2.24) is 9.97 Å². The highest BCUT2D eigenvalue weighted by molar-refractivity contribution is 5.62. The number of hydrogen-bond donors (Lipinski definition) is 1. The van der Waals surface area contributed by atoms with Crippen LogP contribution in [-0.4, -0.2) is 23.6 Å². The van der Waals surface area contributed by atoms with Gasteiger partial charge in [0.05, 0.1) is 6.07 Å². The first-order chi connectivity index (χ1) is 9.61. The molecule has 1 aromatic heterocycles. The van der Waals surface area contributed by atoms with E-state index in [1.807, 2.05) is 24.1 Å². The van der Waals surface area contributed by atoms with Crippen LogP contribution in [0.5, 0.6) is 0 Å². The van der Waals surface area contributed by atoms with Gasteiger partial charge in [0.2, 0.25) is 0 Å². The predicted octanol–water partition coefficient (Wildman–Crippen LogP) is 2.80. The van der Waals surface area contributed by atoms with Crippen molar-refractivity contribution in [3.63, 3.8) is 0 Å². The number of nitrogens with one attached hydrogen (secondary N) is 1. The Hall–Kier alpha value is -2.61. The van der Waals surface area contributed by atoms with Crippen LogP contribution in [0.15, 0.2) is 30.6 Å². The Balaban J connectivity index is 2.26. The van der Waals surface area contributed by atoms with Crippen LogP contribution in [-0.2, 0) is 0 Å². The van der Waals surface area contributed by atoms with E-state index in [-0.39, 0.29) is 6.54 Å². The zero-order valence-corrected chi connectivity index (χ0v) is 11.9. The molecule has 0 fully saturated rings. The number of hydrogen-bond acceptors (Lipinski definition) is 5. The van der Waals surface area contributed by atoms with E-state index in [4.69, 9.17) is 5.26 Å². The number of nitriles is 1. The fourth-order valence-corrected chi connectivity index (χ4v) is 1.82. The Morgan fingerprint density at radius 3 is 2.70 bits per heavy atom.